The third-order valence-corrected chi connectivity index (χ3v) is 4.02. The van der Waals surface area contributed by atoms with Crippen LogP contribution in [-0.2, 0) is 13.0 Å². The molecule has 94 valence electrons. The number of nitrogens with one attached hydrogen (secondary N) is 1. The van der Waals surface area contributed by atoms with Crippen molar-refractivity contribution in [1.29, 1.82) is 0 Å². The van der Waals surface area contributed by atoms with Gasteiger partial charge in [0.1, 0.15) is 0 Å². The summed E-state index contributed by atoms with van der Waals surface area (Å²) in [7, 11) is 2.19. The number of nitrogens with zero attached hydrogens (tertiary/aromatic N) is 1. The largest absolute Gasteiger partial charge is 0.315 e. The Labute approximate surface area is 109 Å². The minimum absolute atomic E-state index is 0.649. The van der Waals surface area contributed by atoms with Crippen molar-refractivity contribution in [2.75, 3.05) is 20.1 Å². The van der Waals surface area contributed by atoms with Gasteiger partial charge in [-0.25, -0.2) is 0 Å². The minimum Gasteiger partial charge on any atom is -0.315 e. The fourth-order valence-corrected chi connectivity index (χ4v) is 2.76. The Bertz CT molecular complexity index is 372. The first-order chi connectivity index (χ1) is 8.22. The molecule has 2 rings (SSSR count). The van der Waals surface area contributed by atoms with Gasteiger partial charge in [-0.05, 0) is 43.6 Å². The smallest absolute Gasteiger partial charge is 0.0453 e. The van der Waals surface area contributed by atoms with E-state index in [0.717, 1.165) is 31.1 Å². The predicted octanol–water partition coefficient (Wildman–Crippen LogP) is 2.70. The van der Waals surface area contributed by atoms with Crippen LogP contribution in [0.1, 0.15) is 24.5 Å². The number of halogens is 1. The molecule has 1 fully saturated rings. The van der Waals surface area contributed by atoms with E-state index in [0.29, 0.717) is 6.04 Å². The van der Waals surface area contributed by atoms with Crippen LogP contribution in [0.2, 0.25) is 5.02 Å². The summed E-state index contributed by atoms with van der Waals surface area (Å²) in [6, 6.07) is 6.87. The Hall–Kier alpha value is -0.570. The van der Waals surface area contributed by atoms with Crippen LogP contribution in [0, 0.1) is 0 Å². The van der Waals surface area contributed by atoms with Crippen molar-refractivity contribution >= 4 is 11.6 Å². The molecule has 0 spiro atoms. The van der Waals surface area contributed by atoms with E-state index in [-0.39, 0.29) is 0 Å². The molecule has 1 saturated heterocycles. The highest BCUT2D eigenvalue weighted by atomic mass is 35.5. The monoisotopic (exact) mass is 252 g/mol. The molecule has 0 saturated carbocycles. The maximum atomic E-state index is 6.32. The van der Waals surface area contributed by atoms with Crippen LogP contribution in [-0.4, -0.2) is 31.1 Å². The average molecular weight is 253 g/mol. The molecule has 17 heavy (non-hydrogen) atoms. The summed E-state index contributed by atoms with van der Waals surface area (Å²) >= 11 is 6.32. The van der Waals surface area contributed by atoms with E-state index < -0.39 is 0 Å². The zero-order valence-electron chi connectivity index (χ0n) is 10.7. The number of rotatable bonds is 4. The van der Waals surface area contributed by atoms with Crippen molar-refractivity contribution in [2.24, 2.45) is 0 Å². The fraction of sp³-hybridized carbons (Fsp3) is 0.571. The lowest BCUT2D eigenvalue weighted by molar-refractivity contribution is 0.248. The summed E-state index contributed by atoms with van der Waals surface area (Å²) in [5, 5.41) is 4.31. The molecule has 1 aliphatic heterocycles. The van der Waals surface area contributed by atoms with Crippen LogP contribution in [0.3, 0.4) is 0 Å². The lowest BCUT2D eigenvalue weighted by Crippen LogP contribution is -2.33. The fourth-order valence-electron chi connectivity index (χ4n) is 2.51. The van der Waals surface area contributed by atoms with Crippen LogP contribution >= 0.6 is 11.6 Å². The van der Waals surface area contributed by atoms with Crippen molar-refractivity contribution in [2.45, 2.75) is 32.4 Å². The van der Waals surface area contributed by atoms with Crippen molar-refractivity contribution in [1.82, 2.24) is 10.2 Å². The molecule has 1 aliphatic rings. The van der Waals surface area contributed by atoms with Crippen LogP contribution in [0.15, 0.2) is 18.2 Å². The van der Waals surface area contributed by atoms with Gasteiger partial charge in [-0.2, -0.15) is 0 Å². The molecule has 2 nitrogen and oxygen atoms in total. The van der Waals surface area contributed by atoms with E-state index in [9.17, 15) is 0 Å². The van der Waals surface area contributed by atoms with E-state index in [4.69, 9.17) is 11.6 Å². The minimum atomic E-state index is 0.649. The molecule has 0 aromatic heterocycles. The van der Waals surface area contributed by atoms with Crippen molar-refractivity contribution in [3.8, 4) is 0 Å². The second-order valence-corrected chi connectivity index (χ2v) is 5.20. The summed E-state index contributed by atoms with van der Waals surface area (Å²) in [6.07, 6.45) is 2.29. The molecule has 1 aromatic rings. The first-order valence-corrected chi connectivity index (χ1v) is 6.77. The van der Waals surface area contributed by atoms with Crippen LogP contribution in [0.4, 0.5) is 0 Å². The van der Waals surface area contributed by atoms with E-state index in [1.54, 1.807) is 0 Å². The SMILES string of the molecule is CCc1cccc(Cl)c1CN(C)C1CCNC1. The molecule has 1 N–H and O–H groups in total. The van der Waals surface area contributed by atoms with Gasteiger partial charge in [-0.3, -0.25) is 4.90 Å². The van der Waals surface area contributed by atoms with Gasteiger partial charge in [0.15, 0.2) is 0 Å². The van der Waals surface area contributed by atoms with Gasteiger partial charge in [0, 0.05) is 24.2 Å². The van der Waals surface area contributed by atoms with Gasteiger partial charge in [0.05, 0.1) is 0 Å². The van der Waals surface area contributed by atoms with Crippen molar-refractivity contribution < 1.29 is 0 Å². The van der Waals surface area contributed by atoms with Gasteiger partial charge in [-0.1, -0.05) is 30.7 Å². The first kappa shape index (κ1) is 12.9. The lowest BCUT2D eigenvalue weighted by atomic mass is 10.0. The summed E-state index contributed by atoms with van der Waals surface area (Å²) < 4.78 is 0. The first-order valence-electron chi connectivity index (χ1n) is 6.39. The zero-order chi connectivity index (χ0) is 12.3. The van der Waals surface area contributed by atoms with Crippen LogP contribution in [0.25, 0.3) is 0 Å². The summed E-state index contributed by atoms with van der Waals surface area (Å²) in [5.41, 5.74) is 2.67. The average Bonchev–Trinajstić information content (AvgIpc) is 2.85. The second-order valence-electron chi connectivity index (χ2n) is 4.79. The van der Waals surface area contributed by atoms with Gasteiger partial charge >= 0.3 is 0 Å². The van der Waals surface area contributed by atoms with E-state index in [1.807, 2.05) is 12.1 Å². The molecule has 1 heterocycles. The third-order valence-electron chi connectivity index (χ3n) is 3.66. The topological polar surface area (TPSA) is 15.3 Å². The molecule has 0 bridgehead atoms. The highest BCUT2D eigenvalue weighted by Gasteiger charge is 2.20. The molecule has 0 aliphatic carbocycles. The number of hydrogen-bond acceptors (Lipinski definition) is 2. The molecule has 3 heteroatoms. The predicted molar refractivity (Wildman–Crippen MR) is 73.6 cm³/mol. The number of benzene rings is 1. The van der Waals surface area contributed by atoms with Crippen LogP contribution in [0.5, 0.6) is 0 Å². The Kier molecular flexibility index (Phi) is 4.43. The van der Waals surface area contributed by atoms with Crippen molar-refractivity contribution in [3.05, 3.63) is 34.3 Å². The summed E-state index contributed by atoms with van der Waals surface area (Å²) in [6.45, 7) is 5.38. The quantitative estimate of drug-likeness (QED) is 0.887. The lowest BCUT2D eigenvalue weighted by Gasteiger charge is -2.25. The number of hydrogen-bond donors (Lipinski definition) is 1. The van der Waals surface area contributed by atoms with Gasteiger partial charge in [0.25, 0.3) is 0 Å². The maximum Gasteiger partial charge on any atom is 0.0453 e. The van der Waals surface area contributed by atoms with Gasteiger partial charge in [-0.15, -0.1) is 0 Å². The van der Waals surface area contributed by atoms with Gasteiger partial charge < -0.3 is 5.32 Å². The summed E-state index contributed by atoms with van der Waals surface area (Å²) in [4.78, 5) is 2.42. The zero-order valence-corrected chi connectivity index (χ0v) is 11.4. The summed E-state index contributed by atoms with van der Waals surface area (Å²) in [5.74, 6) is 0. The van der Waals surface area contributed by atoms with E-state index in [1.165, 1.54) is 17.5 Å². The molecule has 1 unspecified atom stereocenters. The highest BCUT2D eigenvalue weighted by Crippen LogP contribution is 2.23. The number of aryl methyl sites for hydroxylation is 1. The Morgan fingerprint density at radius 2 is 2.29 bits per heavy atom. The van der Waals surface area contributed by atoms with E-state index in [2.05, 4.69) is 30.3 Å². The third kappa shape index (κ3) is 3.01. The Balaban J connectivity index is 2.11. The van der Waals surface area contributed by atoms with Crippen molar-refractivity contribution in [3.63, 3.8) is 0 Å². The van der Waals surface area contributed by atoms with Crippen LogP contribution < -0.4 is 5.32 Å². The van der Waals surface area contributed by atoms with E-state index >= 15 is 0 Å². The Morgan fingerprint density at radius 1 is 1.47 bits per heavy atom. The Morgan fingerprint density at radius 3 is 2.94 bits per heavy atom. The molecular weight excluding hydrogens is 232 g/mol. The standard InChI is InChI=1S/C14H21ClN2/c1-3-11-5-4-6-14(15)13(11)10-17(2)12-7-8-16-9-12/h4-6,12,16H,3,7-10H2,1-2H3. The molecular formula is C14H21ClN2. The molecule has 1 atom stereocenters. The van der Waals surface area contributed by atoms with Gasteiger partial charge in [0.2, 0.25) is 0 Å². The number of likely N-dealkylation sites (N-methyl/N-ethyl adjacent to an activating group) is 1. The molecule has 1 aromatic carbocycles. The highest BCUT2D eigenvalue weighted by molar-refractivity contribution is 6.31. The molecule has 0 radical (unpaired) electrons. The normalized spacial score (nSPS) is 20.1. The molecule has 0 amide bonds. The maximum absolute atomic E-state index is 6.32. The second kappa shape index (κ2) is 5.85.